The molecular weight excluding hydrogens is 396 g/mol. The summed E-state index contributed by atoms with van der Waals surface area (Å²) in [6, 6.07) is 22.7. The average molecular weight is 421 g/mol. The lowest BCUT2D eigenvalue weighted by molar-refractivity contribution is -0.119. The van der Waals surface area contributed by atoms with Crippen LogP contribution >= 0.6 is 0 Å². The van der Waals surface area contributed by atoms with Gasteiger partial charge in [0.1, 0.15) is 0 Å². The zero-order chi connectivity index (χ0) is 21.1. The molecule has 0 radical (unpaired) electrons. The van der Waals surface area contributed by atoms with Crippen LogP contribution in [0, 0.1) is 6.92 Å². The van der Waals surface area contributed by atoms with Crippen LogP contribution in [0.15, 0.2) is 72.8 Å². The molecule has 30 heavy (non-hydrogen) atoms. The minimum atomic E-state index is -3.53. The maximum Gasteiger partial charge on any atom is 0.236 e. The Kier molecular flexibility index (Phi) is 5.59. The lowest BCUT2D eigenvalue weighted by atomic mass is 10.00. The third-order valence-electron chi connectivity index (χ3n) is 5.21. The molecule has 0 aromatic heterocycles. The summed E-state index contributed by atoms with van der Waals surface area (Å²) >= 11 is 0. The highest BCUT2D eigenvalue weighted by atomic mass is 32.2. The summed E-state index contributed by atoms with van der Waals surface area (Å²) in [6.07, 6.45) is 1.02. The molecule has 4 rings (SSSR count). The van der Waals surface area contributed by atoms with Crippen molar-refractivity contribution >= 4 is 27.3 Å². The molecule has 154 valence electrons. The van der Waals surface area contributed by atoms with Gasteiger partial charge >= 0.3 is 0 Å². The molecule has 1 heterocycles. The van der Waals surface area contributed by atoms with E-state index in [0.29, 0.717) is 25.1 Å². The number of amides is 1. The molecular formula is C24H24N2O3S. The number of benzene rings is 3. The van der Waals surface area contributed by atoms with Gasteiger partial charge in [0.15, 0.2) is 0 Å². The van der Waals surface area contributed by atoms with Gasteiger partial charge in [0, 0.05) is 17.8 Å². The van der Waals surface area contributed by atoms with Crippen molar-refractivity contribution in [3.63, 3.8) is 0 Å². The second kappa shape index (κ2) is 8.32. The van der Waals surface area contributed by atoms with E-state index in [0.717, 1.165) is 27.9 Å². The molecule has 6 heteroatoms. The third kappa shape index (κ3) is 4.71. The Morgan fingerprint density at radius 3 is 2.37 bits per heavy atom. The minimum absolute atomic E-state index is 0.0804. The van der Waals surface area contributed by atoms with E-state index < -0.39 is 10.0 Å². The molecule has 1 N–H and O–H groups in total. The molecule has 1 aliphatic heterocycles. The van der Waals surface area contributed by atoms with Gasteiger partial charge in [-0.3, -0.25) is 9.52 Å². The molecule has 5 nitrogen and oxygen atoms in total. The van der Waals surface area contributed by atoms with Crippen molar-refractivity contribution in [2.75, 3.05) is 9.62 Å². The van der Waals surface area contributed by atoms with Crippen molar-refractivity contribution in [3.05, 3.63) is 95.1 Å². The normalized spacial score (nSPS) is 13.8. The van der Waals surface area contributed by atoms with Gasteiger partial charge < -0.3 is 4.90 Å². The molecule has 1 amide bonds. The lowest BCUT2D eigenvalue weighted by Crippen LogP contribution is -2.34. The van der Waals surface area contributed by atoms with Crippen molar-refractivity contribution in [3.8, 4) is 0 Å². The van der Waals surface area contributed by atoms with Crippen LogP contribution in [0.1, 0.15) is 28.7 Å². The quantitative estimate of drug-likeness (QED) is 0.642. The first kappa shape index (κ1) is 20.2. The van der Waals surface area contributed by atoms with E-state index in [9.17, 15) is 13.2 Å². The van der Waals surface area contributed by atoms with Crippen molar-refractivity contribution in [1.29, 1.82) is 0 Å². The van der Waals surface area contributed by atoms with Crippen LogP contribution in [0.25, 0.3) is 0 Å². The molecule has 0 saturated carbocycles. The number of nitrogens with zero attached hydrogens (tertiary/aromatic N) is 1. The smallest absolute Gasteiger partial charge is 0.236 e. The van der Waals surface area contributed by atoms with Crippen LogP contribution in [-0.4, -0.2) is 14.3 Å². The van der Waals surface area contributed by atoms with Crippen molar-refractivity contribution < 1.29 is 13.2 Å². The lowest BCUT2D eigenvalue weighted by Gasteiger charge is -2.30. The summed E-state index contributed by atoms with van der Waals surface area (Å²) in [5, 5.41) is 0. The van der Waals surface area contributed by atoms with Gasteiger partial charge in [-0.15, -0.1) is 0 Å². The second-order valence-corrected chi connectivity index (χ2v) is 9.38. The molecule has 3 aromatic carbocycles. The Morgan fingerprint density at radius 1 is 0.900 bits per heavy atom. The number of aryl methyl sites for hydroxylation is 2. The largest absolute Gasteiger partial charge is 0.308 e. The summed E-state index contributed by atoms with van der Waals surface area (Å²) in [5.41, 5.74) is 5.23. The number of hydrogen-bond donors (Lipinski definition) is 1. The number of carbonyl (C=O) groups is 1. The number of sulfonamides is 1. The van der Waals surface area contributed by atoms with Gasteiger partial charge in [-0.2, -0.15) is 0 Å². The Hall–Kier alpha value is -3.12. The topological polar surface area (TPSA) is 66.5 Å². The third-order valence-corrected chi connectivity index (χ3v) is 6.47. The molecule has 0 atom stereocenters. The molecule has 0 spiro atoms. The summed E-state index contributed by atoms with van der Waals surface area (Å²) in [6.45, 7) is 2.47. The average Bonchev–Trinajstić information content (AvgIpc) is 2.72. The predicted octanol–water partition coefficient (Wildman–Crippen LogP) is 4.42. The van der Waals surface area contributed by atoms with Crippen LogP contribution in [0.5, 0.6) is 0 Å². The number of rotatable bonds is 6. The first-order chi connectivity index (χ1) is 14.4. The summed E-state index contributed by atoms with van der Waals surface area (Å²) in [5.74, 6) is 0.00208. The van der Waals surface area contributed by atoms with Crippen LogP contribution < -0.4 is 9.62 Å². The predicted molar refractivity (Wildman–Crippen MR) is 120 cm³/mol. The van der Waals surface area contributed by atoms with E-state index in [4.69, 9.17) is 0 Å². The minimum Gasteiger partial charge on any atom is -0.308 e. The fourth-order valence-electron chi connectivity index (χ4n) is 3.68. The second-order valence-electron chi connectivity index (χ2n) is 7.66. The van der Waals surface area contributed by atoms with Gasteiger partial charge in [-0.1, -0.05) is 60.2 Å². The Bertz CT molecular complexity index is 1160. The van der Waals surface area contributed by atoms with E-state index in [1.807, 2.05) is 73.7 Å². The van der Waals surface area contributed by atoms with Gasteiger partial charge in [-0.05, 0) is 48.2 Å². The van der Waals surface area contributed by atoms with E-state index >= 15 is 0 Å². The number of carbonyl (C=O) groups excluding carboxylic acids is 1. The van der Waals surface area contributed by atoms with Gasteiger partial charge in [0.05, 0.1) is 12.3 Å². The number of hydrogen-bond acceptors (Lipinski definition) is 3. The maximum atomic E-state index is 12.6. The fraction of sp³-hybridized carbons (Fsp3) is 0.208. The SMILES string of the molecule is Cc1ccc(CS(=O)(=O)Nc2ccc3c(c2)CCC(=O)N3Cc2ccccc2)cc1. The monoisotopic (exact) mass is 420 g/mol. The maximum absolute atomic E-state index is 12.6. The molecule has 1 aliphatic rings. The molecule has 0 unspecified atom stereocenters. The van der Waals surface area contributed by atoms with Crippen LogP contribution in [0.2, 0.25) is 0 Å². The number of nitrogens with one attached hydrogen (secondary N) is 1. The van der Waals surface area contributed by atoms with Gasteiger partial charge in [-0.25, -0.2) is 8.42 Å². The standard InChI is InChI=1S/C24H24N2O3S/c1-18-7-9-20(10-8-18)17-30(28,29)25-22-12-13-23-21(15-22)11-14-24(27)26(23)16-19-5-3-2-4-6-19/h2-10,12-13,15,25H,11,14,16-17H2,1H3. The molecule has 0 saturated heterocycles. The van der Waals surface area contributed by atoms with Crippen molar-refractivity contribution in [2.45, 2.75) is 32.1 Å². The van der Waals surface area contributed by atoms with Crippen molar-refractivity contribution in [2.24, 2.45) is 0 Å². The molecule has 3 aromatic rings. The van der Waals surface area contributed by atoms with Gasteiger partial charge in [0.2, 0.25) is 15.9 Å². The first-order valence-electron chi connectivity index (χ1n) is 9.93. The van der Waals surface area contributed by atoms with Crippen LogP contribution in [0.4, 0.5) is 11.4 Å². The number of fused-ring (bicyclic) bond motifs is 1. The van der Waals surface area contributed by atoms with Crippen LogP contribution in [0.3, 0.4) is 0 Å². The molecule has 0 fully saturated rings. The Labute approximate surface area is 177 Å². The van der Waals surface area contributed by atoms with E-state index in [-0.39, 0.29) is 11.7 Å². The van der Waals surface area contributed by atoms with Gasteiger partial charge in [0.25, 0.3) is 0 Å². The molecule has 0 bridgehead atoms. The zero-order valence-electron chi connectivity index (χ0n) is 16.8. The number of anilines is 2. The summed E-state index contributed by atoms with van der Waals surface area (Å²) in [4.78, 5) is 14.3. The van der Waals surface area contributed by atoms with Crippen LogP contribution in [-0.2, 0) is 33.5 Å². The highest BCUT2D eigenvalue weighted by Gasteiger charge is 2.25. The Morgan fingerprint density at radius 2 is 1.63 bits per heavy atom. The summed E-state index contributed by atoms with van der Waals surface area (Å²) < 4.78 is 27.9. The fourth-order valence-corrected chi connectivity index (χ4v) is 4.87. The summed E-state index contributed by atoms with van der Waals surface area (Å²) in [7, 11) is -3.53. The van der Waals surface area contributed by atoms with E-state index in [1.165, 1.54) is 0 Å². The van der Waals surface area contributed by atoms with E-state index in [2.05, 4.69) is 4.72 Å². The highest BCUT2D eigenvalue weighted by Crippen LogP contribution is 2.32. The molecule has 0 aliphatic carbocycles. The Balaban J connectivity index is 1.53. The highest BCUT2D eigenvalue weighted by molar-refractivity contribution is 7.91. The van der Waals surface area contributed by atoms with E-state index in [1.54, 1.807) is 11.0 Å². The zero-order valence-corrected chi connectivity index (χ0v) is 17.7. The van der Waals surface area contributed by atoms with Crippen molar-refractivity contribution in [1.82, 2.24) is 0 Å². The first-order valence-corrected chi connectivity index (χ1v) is 11.6.